The van der Waals surface area contributed by atoms with Crippen molar-refractivity contribution in [2.75, 3.05) is 13.7 Å². The summed E-state index contributed by atoms with van der Waals surface area (Å²) in [5.41, 5.74) is 2.29. The van der Waals surface area contributed by atoms with Gasteiger partial charge in [0, 0.05) is 37.8 Å². The fraction of sp³-hybridized carbons (Fsp3) is 0.429. The lowest BCUT2D eigenvalue weighted by atomic mass is 9.91. The zero-order valence-corrected chi connectivity index (χ0v) is 16.9. The normalized spacial score (nSPS) is 15.5. The number of nitrogens with zero attached hydrogens (tertiary/aromatic N) is 6. The first-order valence-electron chi connectivity index (χ1n) is 9.89. The molecule has 8 nitrogen and oxygen atoms in total. The molecule has 3 aromatic rings. The minimum absolute atomic E-state index is 0.0400. The monoisotopic (exact) mass is 394 g/mol. The molecule has 1 aliphatic rings. The number of hydrogen-bond acceptors (Lipinski definition) is 5. The highest BCUT2D eigenvalue weighted by Gasteiger charge is 2.39. The average molecular weight is 394 g/mol. The van der Waals surface area contributed by atoms with Crippen LogP contribution in [0, 0.1) is 0 Å². The fourth-order valence-electron chi connectivity index (χ4n) is 4.19. The van der Waals surface area contributed by atoms with E-state index in [9.17, 15) is 4.79 Å². The van der Waals surface area contributed by atoms with Gasteiger partial charge in [0.1, 0.15) is 5.52 Å². The first-order chi connectivity index (χ1) is 14.0. The molecule has 4 rings (SSSR count). The van der Waals surface area contributed by atoms with Crippen molar-refractivity contribution in [1.29, 1.82) is 0 Å². The minimum atomic E-state index is -0.178. The van der Waals surface area contributed by atoms with Crippen LogP contribution in [-0.2, 0) is 11.8 Å². The number of carbonyl (C=O) groups excluding carboxylic acids is 1. The lowest BCUT2D eigenvalue weighted by Crippen LogP contribution is -2.48. The fourth-order valence-corrected chi connectivity index (χ4v) is 4.19. The average Bonchev–Trinajstić information content (AvgIpc) is 3.47. The lowest BCUT2D eigenvalue weighted by Gasteiger charge is -2.38. The van der Waals surface area contributed by atoms with Crippen molar-refractivity contribution in [3.8, 4) is 17.1 Å². The predicted molar refractivity (Wildman–Crippen MR) is 109 cm³/mol. The second kappa shape index (κ2) is 7.69. The lowest BCUT2D eigenvalue weighted by molar-refractivity contribution is -0.130. The zero-order chi connectivity index (χ0) is 20.4. The number of fused-ring (bicyclic) bond motifs is 1. The van der Waals surface area contributed by atoms with Crippen LogP contribution in [0.15, 0.2) is 43.5 Å². The van der Waals surface area contributed by atoms with E-state index >= 15 is 0 Å². The number of amides is 1. The third-order valence-corrected chi connectivity index (χ3v) is 5.91. The minimum Gasteiger partial charge on any atom is -0.476 e. The van der Waals surface area contributed by atoms with E-state index in [1.54, 1.807) is 21.6 Å². The molecular weight excluding hydrogens is 368 g/mol. The Hall–Kier alpha value is -3.16. The first kappa shape index (κ1) is 19.2. The SMILES string of the molecule is C=CC(=O)N(C)C1(CCOc2nc(-c3cnn(C)c3)cn3nccc23)CCCC1. The van der Waals surface area contributed by atoms with Crippen LogP contribution in [0.2, 0.25) is 0 Å². The number of rotatable bonds is 7. The number of aromatic nitrogens is 5. The molecule has 0 bridgehead atoms. The van der Waals surface area contributed by atoms with Crippen LogP contribution in [0.3, 0.4) is 0 Å². The molecule has 0 aliphatic heterocycles. The summed E-state index contributed by atoms with van der Waals surface area (Å²) in [4.78, 5) is 18.8. The zero-order valence-electron chi connectivity index (χ0n) is 16.9. The number of carbonyl (C=O) groups is 1. The van der Waals surface area contributed by atoms with Crippen LogP contribution >= 0.6 is 0 Å². The first-order valence-corrected chi connectivity index (χ1v) is 9.89. The summed E-state index contributed by atoms with van der Waals surface area (Å²) < 4.78 is 9.64. The largest absolute Gasteiger partial charge is 0.476 e. The molecule has 1 saturated carbocycles. The molecule has 1 fully saturated rings. The van der Waals surface area contributed by atoms with Crippen LogP contribution in [0.25, 0.3) is 16.8 Å². The van der Waals surface area contributed by atoms with Gasteiger partial charge in [-0.2, -0.15) is 10.2 Å². The Labute approximate surface area is 169 Å². The van der Waals surface area contributed by atoms with Gasteiger partial charge in [0.2, 0.25) is 11.8 Å². The van der Waals surface area contributed by atoms with Crippen molar-refractivity contribution < 1.29 is 9.53 Å². The third-order valence-electron chi connectivity index (χ3n) is 5.91. The van der Waals surface area contributed by atoms with E-state index in [1.807, 2.05) is 37.5 Å². The Bertz CT molecular complexity index is 1030. The number of ether oxygens (including phenoxy) is 1. The Morgan fingerprint density at radius 1 is 1.34 bits per heavy atom. The topological polar surface area (TPSA) is 77.6 Å². The Kier molecular flexibility index (Phi) is 5.08. The Morgan fingerprint density at radius 2 is 2.14 bits per heavy atom. The van der Waals surface area contributed by atoms with Crippen molar-refractivity contribution in [3.05, 3.63) is 43.5 Å². The summed E-state index contributed by atoms with van der Waals surface area (Å²) in [6.45, 7) is 4.10. The molecule has 3 heterocycles. The van der Waals surface area contributed by atoms with E-state index in [-0.39, 0.29) is 11.4 Å². The second-order valence-corrected chi connectivity index (χ2v) is 7.63. The van der Waals surface area contributed by atoms with Gasteiger partial charge in [-0.3, -0.25) is 9.48 Å². The molecule has 0 unspecified atom stereocenters. The van der Waals surface area contributed by atoms with Crippen molar-refractivity contribution >= 4 is 11.4 Å². The van der Waals surface area contributed by atoms with Crippen LogP contribution in [-0.4, -0.2) is 54.4 Å². The van der Waals surface area contributed by atoms with Crippen molar-refractivity contribution in [3.63, 3.8) is 0 Å². The molecule has 0 aromatic carbocycles. The summed E-state index contributed by atoms with van der Waals surface area (Å²) in [5.74, 6) is 0.497. The van der Waals surface area contributed by atoms with E-state index in [4.69, 9.17) is 9.72 Å². The van der Waals surface area contributed by atoms with Gasteiger partial charge in [-0.05, 0) is 25.0 Å². The molecule has 152 valence electrons. The van der Waals surface area contributed by atoms with Gasteiger partial charge < -0.3 is 9.64 Å². The summed E-state index contributed by atoms with van der Waals surface area (Å²) >= 11 is 0. The summed E-state index contributed by atoms with van der Waals surface area (Å²) in [6.07, 6.45) is 13.6. The van der Waals surface area contributed by atoms with Gasteiger partial charge >= 0.3 is 0 Å². The molecule has 0 spiro atoms. The van der Waals surface area contributed by atoms with Gasteiger partial charge in [-0.15, -0.1) is 0 Å². The van der Waals surface area contributed by atoms with Gasteiger partial charge in [0.15, 0.2) is 0 Å². The van der Waals surface area contributed by atoms with Gasteiger partial charge in [-0.1, -0.05) is 19.4 Å². The third kappa shape index (κ3) is 3.62. The predicted octanol–water partition coefficient (Wildman–Crippen LogP) is 2.86. The van der Waals surface area contributed by atoms with Crippen molar-refractivity contribution in [2.24, 2.45) is 7.05 Å². The summed E-state index contributed by atoms with van der Waals surface area (Å²) in [5, 5.41) is 8.56. The molecular formula is C21H26N6O2. The number of hydrogen-bond donors (Lipinski definition) is 0. The quantitative estimate of drug-likeness (QED) is 0.576. The summed E-state index contributed by atoms with van der Waals surface area (Å²) in [6, 6.07) is 1.88. The molecule has 1 amide bonds. The maximum Gasteiger partial charge on any atom is 0.246 e. The van der Waals surface area contributed by atoms with Gasteiger partial charge in [-0.25, -0.2) is 9.50 Å². The Morgan fingerprint density at radius 3 is 2.83 bits per heavy atom. The van der Waals surface area contributed by atoms with E-state index in [1.165, 1.54) is 6.08 Å². The second-order valence-electron chi connectivity index (χ2n) is 7.63. The smallest absolute Gasteiger partial charge is 0.246 e. The van der Waals surface area contributed by atoms with Crippen molar-refractivity contribution in [1.82, 2.24) is 29.3 Å². The van der Waals surface area contributed by atoms with Gasteiger partial charge in [0.05, 0.1) is 30.9 Å². The van der Waals surface area contributed by atoms with Gasteiger partial charge in [0.25, 0.3) is 0 Å². The highest BCUT2D eigenvalue weighted by atomic mass is 16.5. The molecule has 0 atom stereocenters. The molecule has 3 aromatic heterocycles. The molecule has 0 saturated heterocycles. The number of likely N-dealkylation sites (N-methyl/N-ethyl adjacent to an activating group) is 1. The van der Waals surface area contributed by atoms with E-state index in [0.717, 1.165) is 48.9 Å². The maximum absolute atomic E-state index is 12.2. The summed E-state index contributed by atoms with van der Waals surface area (Å²) in [7, 11) is 3.74. The van der Waals surface area contributed by atoms with E-state index < -0.39 is 0 Å². The van der Waals surface area contributed by atoms with Crippen LogP contribution in [0.1, 0.15) is 32.1 Å². The Balaban J connectivity index is 1.55. The van der Waals surface area contributed by atoms with E-state index in [0.29, 0.717) is 12.5 Å². The van der Waals surface area contributed by atoms with Crippen LogP contribution in [0.4, 0.5) is 0 Å². The molecule has 1 aliphatic carbocycles. The molecule has 0 radical (unpaired) electrons. The molecule has 0 N–H and O–H groups in total. The molecule has 29 heavy (non-hydrogen) atoms. The maximum atomic E-state index is 12.2. The highest BCUT2D eigenvalue weighted by Crippen LogP contribution is 2.38. The van der Waals surface area contributed by atoms with Crippen LogP contribution in [0.5, 0.6) is 5.88 Å². The molecule has 8 heteroatoms. The van der Waals surface area contributed by atoms with Crippen molar-refractivity contribution in [2.45, 2.75) is 37.6 Å². The highest BCUT2D eigenvalue weighted by molar-refractivity contribution is 5.87. The number of aryl methyl sites for hydroxylation is 1. The van der Waals surface area contributed by atoms with Crippen LogP contribution < -0.4 is 4.74 Å². The van der Waals surface area contributed by atoms with E-state index in [2.05, 4.69) is 16.8 Å². The standard InChI is InChI=1S/C21H26N6O2/c1-4-19(28)26(3)21(8-5-6-9-21)10-12-29-20-18-7-11-22-27(18)15-17(24-20)16-13-23-25(2)14-16/h4,7,11,13-15H,1,5-6,8-10,12H2,2-3H3.